The zero-order valence-corrected chi connectivity index (χ0v) is 29.7. The Hall–Kier alpha value is -5.16. The largest absolute Gasteiger partial charge is 0.486 e. The molecule has 10 nitrogen and oxygen atoms in total. The summed E-state index contributed by atoms with van der Waals surface area (Å²) in [7, 11) is 3.53. The Morgan fingerprint density at radius 2 is 1.60 bits per heavy atom. The molecule has 52 heavy (non-hydrogen) atoms. The summed E-state index contributed by atoms with van der Waals surface area (Å²) in [5, 5.41) is 0.734. The topological polar surface area (TPSA) is 85.7 Å². The summed E-state index contributed by atoms with van der Waals surface area (Å²) in [6.45, 7) is 6.31. The third-order valence-corrected chi connectivity index (χ3v) is 10.5. The zero-order valence-electron chi connectivity index (χ0n) is 29.7. The first-order chi connectivity index (χ1) is 25.4. The molecule has 3 aliphatic rings. The Kier molecular flexibility index (Phi) is 9.68. The lowest BCUT2D eigenvalue weighted by Crippen LogP contribution is -2.53. The highest BCUT2D eigenvalue weighted by Crippen LogP contribution is 2.39. The van der Waals surface area contributed by atoms with Crippen molar-refractivity contribution < 1.29 is 28.5 Å². The molecule has 0 aliphatic carbocycles. The second-order valence-corrected chi connectivity index (χ2v) is 14.0. The summed E-state index contributed by atoms with van der Waals surface area (Å²) in [4.78, 5) is 35.0. The summed E-state index contributed by atoms with van der Waals surface area (Å²) < 4.78 is 25.9. The minimum Gasteiger partial charge on any atom is -0.486 e. The average molecular weight is 701 g/mol. The molecule has 0 bridgehead atoms. The number of para-hydroxylation sites is 1. The molecule has 0 radical (unpaired) electrons. The molecule has 1 amide bonds. The Morgan fingerprint density at radius 3 is 2.40 bits per heavy atom. The molecule has 8 rings (SSSR count). The Morgan fingerprint density at radius 1 is 0.846 bits per heavy atom. The van der Waals surface area contributed by atoms with E-state index in [2.05, 4.69) is 35.0 Å². The first-order valence-corrected chi connectivity index (χ1v) is 18.0. The maximum atomic E-state index is 15.2. The van der Waals surface area contributed by atoms with E-state index in [-0.39, 0.29) is 18.1 Å². The summed E-state index contributed by atoms with van der Waals surface area (Å²) in [6.07, 6.45) is 2.18. The first-order valence-electron chi connectivity index (χ1n) is 18.0. The number of rotatable bonds is 9. The van der Waals surface area contributed by atoms with E-state index in [1.54, 1.807) is 6.20 Å². The van der Waals surface area contributed by atoms with Gasteiger partial charge in [0, 0.05) is 63.0 Å². The van der Waals surface area contributed by atoms with Crippen LogP contribution in [0.15, 0.2) is 97.2 Å². The van der Waals surface area contributed by atoms with Crippen molar-refractivity contribution in [2.75, 3.05) is 60.1 Å². The van der Waals surface area contributed by atoms with E-state index in [1.807, 2.05) is 82.3 Å². The van der Waals surface area contributed by atoms with Crippen molar-refractivity contribution in [2.24, 2.45) is 0 Å². The predicted molar refractivity (Wildman–Crippen MR) is 198 cm³/mol. The van der Waals surface area contributed by atoms with Gasteiger partial charge in [-0.25, -0.2) is 4.79 Å². The van der Waals surface area contributed by atoms with E-state index in [4.69, 9.17) is 18.9 Å². The number of amides is 1. The maximum absolute atomic E-state index is 15.2. The lowest BCUT2D eigenvalue weighted by Gasteiger charge is -2.42. The molecule has 10 heteroatoms. The minimum atomic E-state index is -0.446. The molecule has 1 saturated heterocycles. The molecule has 0 unspecified atom stereocenters. The van der Waals surface area contributed by atoms with E-state index in [9.17, 15) is 4.79 Å². The van der Waals surface area contributed by atoms with Gasteiger partial charge in [0.2, 0.25) is 0 Å². The van der Waals surface area contributed by atoms with Crippen molar-refractivity contribution in [3.05, 3.63) is 125 Å². The smallest absolute Gasteiger partial charge is 0.340 e. The van der Waals surface area contributed by atoms with Gasteiger partial charge in [-0.15, -0.1) is 0 Å². The van der Waals surface area contributed by atoms with Crippen LogP contribution in [-0.2, 0) is 29.0 Å². The lowest BCUT2D eigenvalue weighted by molar-refractivity contribution is 0.00262. The van der Waals surface area contributed by atoms with Gasteiger partial charge in [-0.2, -0.15) is 0 Å². The first kappa shape index (κ1) is 34.0. The number of carbonyl (C=O) groups excluding carboxylic acids is 2. The van der Waals surface area contributed by atoms with Crippen molar-refractivity contribution in [2.45, 2.75) is 31.7 Å². The number of hydrogen-bond donors (Lipinski definition) is 0. The van der Waals surface area contributed by atoms with Crippen molar-refractivity contribution in [1.82, 2.24) is 19.3 Å². The number of carbonyl (C=O) groups is 2. The molecule has 3 aliphatic heterocycles. The second kappa shape index (κ2) is 14.8. The highest BCUT2D eigenvalue weighted by atomic mass is 16.6. The predicted octanol–water partition coefficient (Wildman–Crippen LogP) is 5.59. The van der Waals surface area contributed by atoms with E-state index in [0.717, 1.165) is 61.2 Å². The van der Waals surface area contributed by atoms with Crippen molar-refractivity contribution in [3.63, 3.8) is 0 Å². The number of aromatic nitrogens is 1. The molecule has 1 aromatic heterocycles. The van der Waals surface area contributed by atoms with Crippen LogP contribution in [0.2, 0.25) is 0 Å². The zero-order chi connectivity index (χ0) is 35.6. The number of benzene rings is 4. The summed E-state index contributed by atoms with van der Waals surface area (Å²) >= 11 is 0. The normalized spacial score (nSPS) is 19.0. The van der Waals surface area contributed by atoms with E-state index >= 15 is 4.79 Å². The monoisotopic (exact) mass is 700 g/mol. The number of hydrogen-bond acceptors (Lipinski definition) is 8. The van der Waals surface area contributed by atoms with E-state index in [1.165, 1.54) is 12.7 Å². The molecular formula is C42H44N4O6. The summed E-state index contributed by atoms with van der Waals surface area (Å²) in [6, 6.07) is 29.7. The molecule has 268 valence electrons. The van der Waals surface area contributed by atoms with Gasteiger partial charge in [0.1, 0.15) is 6.61 Å². The van der Waals surface area contributed by atoms with Crippen LogP contribution in [0.3, 0.4) is 0 Å². The quantitative estimate of drug-likeness (QED) is 0.184. The highest BCUT2D eigenvalue weighted by molar-refractivity contribution is 6.06. The third-order valence-electron chi connectivity index (χ3n) is 10.5. The van der Waals surface area contributed by atoms with Gasteiger partial charge in [-0.1, -0.05) is 72.8 Å². The second-order valence-electron chi connectivity index (χ2n) is 14.0. The number of fused-ring (bicyclic) bond motifs is 3. The van der Waals surface area contributed by atoms with Crippen molar-refractivity contribution >= 4 is 22.8 Å². The number of esters is 1. The van der Waals surface area contributed by atoms with E-state index in [0.29, 0.717) is 54.7 Å². The Labute approximate surface area is 304 Å². The molecule has 2 atom stereocenters. The molecule has 0 N–H and O–H groups in total. The van der Waals surface area contributed by atoms with Gasteiger partial charge in [0.15, 0.2) is 17.6 Å². The van der Waals surface area contributed by atoms with Crippen LogP contribution in [0, 0.1) is 0 Å². The van der Waals surface area contributed by atoms with Gasteiger partial charge in [0.25, 0.3) is 5.91 Å². The van der Waals surface area contributed by atoms with E-state index < -0.39 is 5.97 Å². The summed E-state index contributed by atoms with van der Waals surface area (Å²) in [5.74, 6) is 0.471. The Balaban J connectivity index is 1.17. The fraction of sp³-hybridized carbons (Fsp3) is 0.333. The maximum Gasteiger partial charge on any atom is 0.340 e. The molecule has 4 heterocycles. The SMILES string of the molecule is COC(=O)c1cn(-c2cc3c(cc2C(=O)N2Cc4ccccc4C[C@H]2CN2CCN(C)CC2)O[C@@H](COCc2ccccc2)CO3)c2ccccc12. The molecular weight excluding hydrogens is 656 g/mol. The average Bonchev–Trinajstić information content (AvgIpc) is 3.57. The number of nitrogens with zero attached hydrogens (tertiary/aromatic N) is 4. The number of piperazine rings is 1. The van der Waals surface area contributed by atoms with Gasteiger partial charge >= 0.3 is 5.97 Å². The number of ether oxygens (including phenoxy) is 4. The summed E-state index contributed by atoms with van der Waals surface area (Å²) in [5.41, 5.74) is 5.78. The molecule has 0 spiro atoms. The standard InChI is InChI=1S/C42H44N4O6/c1-43-16-18-44(19-17-43)24-32-20-30-12-6-7-13-31(30)23-45(32)41(47)35-21-40-39(51-28-33(52-40)27-50-26-29-10-4-3-5-11-29)22-38(35)46-25-36(42(48)49-2)34-14-8-9-15-37(34)46/h3-15,21-22,25,32-33H,16-20,23-24,26-28H2,1-2H3/t32-,33-/m0/s1. The minimum absolute atomic E-state index is 0.0296. The van der Waals surface area contributed by atoms with Crippen molar-refractivity contribution in [3.8, 4) is 17.2 Å². The number of methoxy groups -OCH3 is 1. The van der Waals surface area contributed by atoms with Crippen LogP contribution in [0.4, 0.5) is 0 Å². The lowest BCUT2D eigenvalue weighted by atomic mass is 9.92. The fourth-order valence-corrected chi connectivity index (χ4v) is 7.61. The van der Waals surface area contributed by atoms with Crippen LogP contribution in [0.1, 0.15) is 37.4 Å². The molecule has 4 aromatic carbocycles. The van der Waals surface area contributed by atoms with Gasteiger partial charge < -0.3 is 33.3 Å². The van der Waals surface area contributed by atoms with Crippen LogP contribution in [0.5, 0.6) is 11.5 Å². The molecule has 5 aromatic rings. The van der Waals surface area contributed by atoms with Crippen LogP contribution >= 0.6 is 0 Å². The van der Waals surface area contributed by atoms with Crippen LogP contribution < -0.4 is 9.47 Å². The van der Waals surface area contributed by atoms with Crippen LogP contribution in [-0.4, -0.2) is 103 Å². The van der Waals surface area contributed by atoms with Crippen LogP contribution in [0.25, 0.3) is 16.6 Å². The van der Waals surface area contributed by atoms with Gasteiger partial charge in [-0.05, 0) is 42.3 Å². The Bertz CT molecular complexity index is 2070. The third kappa shape index (κ3) is 6.89. The molecule has 0 saturated carbocycles. The fourth-order valence-electron chi connectivity index (χ4n) is 7.61. The van der Waals surface area contributed by atoms with Crippen molar-refractivity contribution in [1.29, 1.82) is 0 Å². The highest BCUT2D eigenvalue weighted by Gasteiger charge is 2.35. The molecule has 1 fully saturated rings. The van der Waals surface area contributed by atoms with Gasteiger partial charge in [0.05, 0.1) is 42.7 Å². The van der Waals surface area contributed by atoms with Gasteiger partial charge in [-0.3, -0.25) is 9.69 Å². The number of likely N-dealkylation sites (N-methyl/N-ethyl adjacent to an activating group) is 1.